The summed E-state index contributed by atoms with van der Waals surface area (Å²) in [5, 5.41) is 0. The van der Waals surface area contributed by atoms with Crippen LogP contribution < -0.4 is 9.47 Å². The smallest absolute Gasteiger partial charge is 0.340 e. The summed E-state index contributed by atoms with van der Waals surface area (Å²) in [4.78, 5) is 0. The molecular weight excluding hydrogens is 580 g/mol. The van der Waals surface area contributed by atoms with Crippen LogP contribution in [-0.2, 0) is 10.8 Å². The van der Waals surface area contributed by atoms with Crippen molar-refractivity contribution >= 4 is 12.4 Å². The van der Waals surface area contributed by atoms with Crippen LogP contribution in [0.25, 0.3) is 0 Å². The monoisotopic (exact) mass is 647 g/mol. The zero-order valence-corrected chi connectivity index (χ0v) is 32.6. The van der Waals surface area contributed by atoms with Crippen molar-refractivity contribution in [2.75, 3.05) is 61.9 Å². The SMILES string of the molecule is Cc1cc(C(CCC[N+](C)(C)C)CCC[N+](C)(C)C)cc2c1OC13Oc4c(cc(C(C)(C)C)cc4C(C)(C)C)C=[N+]1C(C)(C)C[N+]3=C2. The van der Waals surface area contributed by atoms with Crippen LogP contribution in [-0.4, -0.2) is 104 Å². The first-order chi connectivity index (χ1) is 21.4. The third-order valence-corrected chi connectivity index (χ3v) is 10.3. The summed E-state index contributed by atoms with van der Waals surface area (Å²) in [7, 11) is 13.8. The Bertz CT molecular complexity index is 1570. The molecule has 6 nitrogen and oxygen atoms in total. The summed E-state index contributed by atoms with van der Waals surface area (Å²) in [5.41, 5.74) is 7.22. The fraction of sp³-hybridized carbons (Fsp3) is 0.659. The summed E-state index contributed by atoms with van der Waals surface area (Å²) in [6.07, 6.45) is 9.50. The Hall–Kier alpha value is -2.70. The molecule has 1 unspecified atom stereocenters. The number of fused-ring (bicyclic) bond motifs is 2. The van der Waals surface area contributed by atoms with Crippen LogP contribution in [0.1, 0.15) is 120 Å². The summed E-state index contributed by atoms with van der Waals surface area (Å²) in [5.74, 6) is 2.40. The van der Waals surface area contributed by atoms with Crippen LogP contribution in [0.4, 0.5) is 0 Å². The molecule has 1 atom stereocenters. The van der Waals surface area contributed by atoms with Crippen molar-refractivity contribution < 1.29 is 27.6 Å². The summed E-state index contributed by atoms with van der Waals surface area (Å²) in [6, 6.07) is 8.45. The summed E-state index contributed by atoms with van der Waals surface area (Å²) in [6.45, 7) is 23.7. The Balaban J connectivity index is 1.57. The molecule has 3 aliphatic heterocycles. The number of quaternary nitrogens is 2. The molecule has 1 fully saturated rings. The fourth-order valence-corrected chi connectivity index (χ4v) is 7.56. The number of hydrogen-bond donors (Lipinski definition) is 0. The number of benzene rings is 2. The second-order valence-corrected chi connectivity index (χ2v) is 19.5. The van der Waals surface area contributed by atoms with E-state index in [2.05, 4.69) is 150 Å². The van der Waals surface area contributed by atoms with Gasteiger partial charge in [-0.1, -0.05) is 62.8 Å². The average molecular weight is 647 g/mol. The van der Waals surface area contributed by atoms with E-state index < -0.39 is 6.03 Å². The zero-order valence-electron chi connectivity index (χ0n) is 32.6. The zero-order chi connectivity index (χ0) is 35.0. The lowest BCUT2D eigenvalue weighted by Gasteiger charge is -2.33. The molecule has 2 aromatic rings. The normalized spacial score (nSPS) is 20.4. The van der Waals surface area contributed by atoms with Crippen LogP contribution in [0.15, 0.2) is 24.3 Å². The van der Waals surface area contributed by atoms with Gasteiger partial charge in [0.15, 0.2) is 23.9 Å². The van der Waals surface area contributed by atoms with Gasteiger partial charge in [0.05, 0.1) is 66.5 Å². The van der Waals surface area contributed by atoms with Crippen LogP contribution in [0.3, 0.4) is 0 Å². The van der Waals surface area contributed by atoms with Crippen molar-refractivity contribution in [3.8, 4) is 11.5 Å². The highest BCUT2D eigenvalue weighted by molar-refractivity contribution is 5.85. The van der Waals surface area contributed by atoms with Crippen LogP contribution in [0, 0.1) is 6.92 Å². The molecule has 5 rings (SSSR count). The third kappa shape index (κ3) is 7.34. The molecule has 0 radical (unpaired) electrons. The molecular formula is C41H66N4O2+4. The second-order valence-electron chi connectivity index (χ2n) is 19.5. The Morgan fingerprint density at radius 3 is 1.83 bits per heavy atom. The topological polar surface area (TPSA) is 24.5 Å². The fourth-order valence-electron chi connectivity index (χ4n) is 7.56. The van der Waals surface area contributed by atoms with E-state index in [1.54, 1.807) is 0 Å². The van der Waals surface area contributed by atoms with Gasteiger partial charge >= 0.3 is 6.03 Å². The van der Waals surface area contributed by atoms with Crippen molar-refractivity contribution in [1.29, 1.82) is 0 Å². The van der Waals surface area contributed by atoms with Gasteiger partial charge in [0.2, 0.25) is 12.1 Å². The number of nitrogens with zero attached hydrogens (tertiary/aromatic N) is 4. The van der Waals surface area contributed by atoms with E-state index in [4.69, 9.17) is 9.47 Å². The lowest BCUT2D eigenvalue weighted by Crippen LogP contribution is -2.61. The second kappa shape index (κ2) is 11.7. The van der Waals surface area contributed by atoms with Crippen molar-refractivity contribution in [3.05, 3.63) is 57.6 Å². The third-order valence-electron chi connectivity index (χ3n) is 10.3. The first kappa shape index (κ1) is 35.6. The highest BCUT2D eigenvalue weighted by atomic mass is 16.7. The molecule has 6 heteroatoms. The molecule has 1 saturated heterocycles. The van der Waals surface area contributed by atoms with Gasteiger partial charge in [0.25, 0.3) is 0 Å². The Labute approximate surface area is 286 Å². The van der Waals surface area contributed by atoms with Crippen molar-refractivity contribution in [2.24, 2.45) is 0 Å². The molecule has 0 aromatic heterocycles. The van der Waals surface area contributed by atoms with Crippen molar-refractivity contribution in [1.82, 2.24) is 0 Å². The predicted molar refractivity (Wildman–Crippen MR) is 196 cm³/mol. The maximum atomic E-state index is 7.23. The minimum atomic E-state index is -1.06. The highest BCUT2D eigenvalue weighted by Gasteiger charge is 2.75. The molecule has 2 aromatic carbocycles. The molecule has 0 saturated carbocycles. The Morgan fingerprint density at radius 2 is 1.30 bits per heavy atom. The molecule has 47 heavy (non-hydrogen) atoms. The number of rotatable bonds is 9. The van der Waals surface area contributed by atoms with Crippen molar-refractivity contribution in [3.63, 3.8) is 0 Å². The van der Waals surface area contributed by atoms with Gasteiger partial charge in [-0.3, -0.25) is 0 Å². The van der Waals surface area contributed by atoms with Crippen LogP contribution in [0.2, 0.25) is 0 Å². The molecule has 0 amide bonds. The maximum Gasteiger partial charge on any atom is 0.704 e. The van der Waals surface area contributed by atoms with E-state index in [0.29, 0.717) is 5.92 Å². The minimum Gasteiger partial charge on any atom is -0.340 e. The van der Waals surface area contributed by atoms with E-state index in [9.17, 15) is 0 Å². The standard InChI is InChI=1S/C41H66N4O2/c1-29-22-31(30(18-16-20-44(10,11)12)19-17-21-45(13,14)15)23-32-26-42-28-40(8,9)43-27-33-24-34(38(2,3)4)25-35(39(5,6)7)37(33)47-41(42,43)46-36(29)32/h22-27,30H,16-21,28H2,1-15H3/q+4. The van der Waals surface area contributed by atoms with Gasteiger partial charge in [-0.25, -0.2) is 0 Å². The summed E-state index contributed by atoms with van der Waals surface area (Å²) < 4.78 is 21.1. The largest absolute Gasteiger partial charge is 0.704 e. The minimum absolute atomic E-state index is 0.0308. The van der Waals surface area contributed by atoms with Gasteiger partial charge in [-0.15, -0.1) is 0 Å². The quantitative estimate of drug-likeness (QED) is 0.210. The van der Waals surface area contributed by atoms with Gasteiger partial charge in [0.1, 0.15) is 0 Å². The first-order valence-electron chi connectivity index (χ1n) is 18.0. The molecule has 0 N–H and O–H groups in total. The Kier molecular flexibility index (Phi) is 8.88. The van der Waals surface area contributed by atoms with Crippen LogP contribution >= 0.6 is 0 Å². The van der Waals surface area contributed by atoms with E-state index in [0.717, 1.165) is 32.6 Å². The van der Waals surface area contributed by atoms with E-state index in [1.807, 2.05) is 0 Å². The van der Waals surface area contributed by atoms with E-state index >= 15 is 0 Å². The van der Waals surface area contributed by atoms with Gasteiger partial charge in [-0.05, 0) is 78.2 Å². The highest BCUT2D eigenvalue weighted by Crippen LogP contribution is 2.47. The molecule has 0 aliphatic carbocycles. The molecule has 3 heterocycles. The van der Waals surface area contributed by atoms with Crippen LogP contribution in [0.5, 0.6) is 11.5 Å². The molecule has 258 valence electrons. The number of hydrogen-bond acceptors (Lipinski definition) is 2. The van der Waals surface area contributed by atoms with E-state index in [1.165, 1.54) is 66.6 Å². The first-order valence-corrected chi connectivity index (χ1v) is 18.0. The predicted octanol–water partition coefficient (Wildman–Crippen LogP) is 7.40. The van der Waals surface area contributed by atoms with Crippen molar-refractivity contribution in [2.45, 2.75) is 116 Å². The molecule has 1 spiro atoms. The van der Waals surface area contributed by atoms with E-state index in [-0.39, 0.29) is 16.4 Å². The summed E-state index contributed by atoms with van der Waals surface area (Å²) >= 11 is 0. The average Bonchev–Trinajstić information content (AvgIpc) is 3.12. The van der Waals surface area contributed by atoms with Gasteiger partial charge < -0.3 is 18.4 Å². The van der Waals surface area contributed by atoms with Gasteiger partial charge in [-0.2, -0.15) is 0 Å². The number of aryl methyl sites for hydroxylation is 1. The number of ether oxygens (including phenoxy) is 2. The molecule has 0 bridgehead atoms. The molecule has 3 aliphatic rings. The lowest BCUT2D eigenvalue weighted by molar-refractivity contribution is -0.870. The Morgan fingerprint density at radius 1 is 0.745 bits per heavy atom. The lowest BCUT2D eigenvalue weighted by atomic mass is 9.79. The van der Waals surface area contributed by atoms with Gasteiger partial charge in [0, 0.05) is 19.4 Å². The maximum absolute atomic E-state index is 7.23.